The molecule has 0 spiro atoms. The van der Waals surface area contributed by atoms with Gasteiger partial charge >= 0.3 is 6.09 Å². The molecule has 2 heterocycles. The molecule has 6 nitrogen and oxygen atoms in total. The van der Waals surface area contributed by atoms with Crippen LogP contribution in [-0.2, 0) is 11.3 Å². The Balaban J connectivity index is 1.42. The Kier molecular flexibility index (Phi) is 5.64. The highest BCUT2D eigenvalue weighted by Gasteiger charge is 2.06. The number of carbonyl (C=O) groups excluding carboxylic acids is 1. The van der Waals surface area contributed by atoms with Crippen LogP contribution in [-0.4, -0.2) is 27.6 Å². The lowest BCUT2D eigenvalue weighted by Crippen LogP contribution is -2.24. The summed E-state index contributed by atoms with van der Waals surface area (Å²) in [4.78, 5) is 22.8. The predicted molar refractivity (Wildman–Crippen MR) is 97.2 cm³/mol. The molecule has 0 aliphatic rings. The molecular weight excluding hydrogens is 340 g/mol. The summed E-state index contributed by atoms with van der Waals surface area (Å²) in [5.41, 5.74) is 3.36. The number of hydrogen-bond donors (Lipinski definition) is 2. The maximum Gasteiger partial charge on any atom is 0.407 e. The number of carbonyl (C=O) groups is 1. The fourth-order valence-electron chi connectivity index (χ4n) is 2.30. The lowest BCUT2D eigenvalue weighted by atomic mass is 10.2. The molecule has 0 bridgehead atoms. The van der Waals surface area contributed by atoms with Gasteiger partial charge in [0.1, 0.15) is 24.0 Å². The fraction of sp³-hybridized carbons (Fsp3) is 0.167. The number of H-pyrrole nitrogens is 1. The summed E-state index contributed by atoms with van der Waals surface area (Å²) in [6.45, 7) is 0.751. The van der Waals surface area contributed by atoms with Gasteiger partial charge in [0.2, 0.25) is 0 Å². The van der Waals surface area contributed by atoms with Gasteiger partial charge in [0.15, 0.2) is 5.15 Å². The number of amides is 1. The van der Waals surface area contributed by atoms with Crippen LogP contribution in [0, 0.1) is 0 Å². The van der Waals surface area contributed by atoms with E-state index in [1.165, 1.54) is 6.33 Å². The standard InChI is InChI=1S/C18H17ClN4O2/c19-17-16-15(22-12-23-17)14(10-21-16)8-4-5-9-20-18(24)25-11-13-6-2-1-3-7-13/h1-4,6-8,10,12,21H,5,9,11H2,(H,20,24). The Labute approximate surface area is 149 Å². The summed E-state index contributed by atoms with van der Waals surface area (Å²) < 4.78 is 5.14. The molecule has 25 heavy (non-hydrogen) atoms. The molecule has 1 aromatic carbocycles. The third-order valence-corrected chi connectivity index (χ3v) is 3.82. The summed E-state index contributed by atoms with van der Waals surface area (Å²) in [6.07, 6.45) is 7.38. The van der Waals surface area contributed by atoms with Crippen LogP contribution < -0.4 is 5.32 Å². The van der Waals surface area contributed by atoms with Crippen molar-refractivity contribution in [3.05, 3.63) is 65.2 Å². The van der Waals surface area contributed by atoms with Crippen molar-refractivity contribution < 1.29 is 9.53 Å². The van der Waals surface area contributed by atoms with Crippen molar-refractivity contribution in [3.8, 4) is 0 Å². The van der Waals surface area contributed by atoms with Crippen molar-refractivity contribution in [2.24, 2.45) is 0 Å². The van der Waals surface area contributed by atoms with E-state index >= 15 is 0 Å². The molecule has 0 aliphatic heterocycles. The maximum atomic E-state index is 11.6. The molecule has 2 N–H and O–H groups in total. The Hall–Kier alpha value is -2.86. The van der Waals surface area contributed by atoms with E-state index in [1.807, 2.05) is 48.7 Å². The van der Waals surface area contributed by atoms with Crippen LogP contribution in [0.15, 0.2) is 48.9 Å². The molecule has 7 heteroatoms. The molecule has 1 amide bonds. The summed E-state index contributed by atoms with van der Waals surface area (Å²) >= 11 is 6.00. The minimum Gasteiger partial charge on any atom is -0.445 e. The number of alkyl carbamates (subject to hydrolysis) is 1. The number of rotatable bonds is 6. The topological polar surface area (TPSA) is 79.9 Å². The minimum atomic E-state index is -0.427. The summed E-state index contributed by atoms with van der Waals surface area (Å²) in [7, 11) is 0. The summed E-state index contributed by atoms with van der Waals surface area (Å²) in [5, 5.41) is 3.11. The molecule has 128 valence electrons. The molecule has 0 aliphatic carbocycles. The maximum absolute atomic E-state index is 11.6. The van der Waals surface area contributed by atoms with Crippen LogP contribution in [0.25, 0.3) is 17.1 Å². The largest absolute Gasteiger partial charge is 0.445 e. The number of hydrogen-bond acceptors (Lipinski definition) is 4. The molecule has 3 aromatic rings. The van der Waals surface area contributed by atoms with Gasteiger partial charge in [-0.3, -0.25) is 0 Å². The van der Waals surface area contributed by atoms with Gasteiger partial charge in [0.05, 0.1) is 0 Å². The van der Waals surface area contributed by atoms with E-state index in [9.17, 15) is 4.79 Å². The van der Waals surface area contributed by atoms with E-state index in [0.717, 1.165) is 16.6 Å². The predicted octanol–water partition coefficient (Wildman–Crippen LogP) is 3.94. The Morgan fingerprint density at radius 3 is 2.96 bits per heavy atom. The first-order valence-corrected chi connectivity index (χ1v) is 8.20. The number of aromatic amines is 1. The van der Waals surface area contributed by atoms with Crippen LogP contribution in [0.1, 0.15) is 17.5 Å². The number of nitrogens with zero attached hydrogens (tertiary/aromatic N) is 2. The van der Waals surface area contributed by atoms with E-state index in [1.54, 1.807) is 0 Å². The van der Waals surface area contributed by atoms with Crippen molar-refractivity contribution >= 4 is 34.8 Å². The van der Waals surface area contributed by atoms with Crippen LogP contribution in [0.4, 0.5) is 4.79 Å². The number of halogens is 1. The van der Waals surface area contributed by atoms with Crippen molar-refractivity contribution in [2.45, 2.75) is 13.0 Å². The van der Waals surface area contributed by atoms with Gasteiger partial charge in [-0.15, -0.1) is 0 Å². The number of fused-ring (bicyclic) bond motifs is 1. The summed E-state index contributed by atoms with van der Waals surface area (Å²) in [5.74, 6) is 0. The average Bonchev–Trinajstić information content (AvgIpc) is 3.05. The lowest BCUT2D eigenvalue weighted by molar-refractivity contribution is 0.140. The zero-order valence-electron chi connectivity index (χ0n) is 13.4. The average molecular weight is 357 g/mol. The zero-order chi connectivity index (χ0) is 17.5. The number of benzene rings is 1. The van der Waals surface area contributed by atoms with E-state index in [0.29, 0.717) is 23.6 Å². The highest BCUT2D eigenvalue weighted by molar-refractivity contribution is 6.33. The smallest absolute Gasteiger partial charge is 0.407 e. The molecule has 0 radical (unpaired) electrons. The first-order valence-electron chi connectivity index (χ1n) is 7.82. The second-order valence-corrected chi connectivity index (χ2v) is 5.67. The van der Waals surface area contributed by atoms with Crippen molar-refractivity contribution in [1.82, 2.24) is 20.3 Å². The molecule has 0 atom stereocenters. The van der Waals surface area contributed by atoms with Crippen LogP contribution in [0.5, 0.6) is 0 Å². The van der Waals surface area contributed by atoms with Crippen molar-refractivity contribution in [3.63, 3.8) is 0 Å². The van der Waals surface area contributed by atoms with Gasteiger partial charge in [-0.1, -0.05) is 54.1 Å². The van der Waals surface area contributed by atoms with Gasteiger partial charge in [0, 0.05) is 18.3 Å². The quantitative estimate of drug-likeness (QED) is 0.518. The van der Waals surface area contributed by atoms with Gasteiger partial charge < -0.3 is 15.0 Å². The van der Waals surface area contributed by atoms with Gasteiger partial charge in [0.25, 0.3) is 0 Å². The Morgan fingerprint density at radius 1 is 1.28 bits per heavy atom. The van der Waals surface area contributed by atoms with E-state index < -0.39 is 6.09 Å². The second kappa shape index (κ2) is 8.30. The summed E-state index contributed by atoms with van der Waals surface area (Å²) in [6, 6.07) is 9.55. The highest BCUT2D eigenvalue weighted by Crippen LogP contribution is 2.21. The first kappa shape index (κ1) is 17.0. The van der Waals surface area contributed by atoms with Crippen molar-refractivity contribution in [1.29, 1.82) is 0 Å². The minimum absolute atomic E-state index is 0.262. The van der Waals surface area contributed by atoms with Crippen LogP contribution >= 0.6 is 11.6 Å². The molecule has 0 saturated heterocycles. The molecule has 0 fully saturated rings. The number of ether oxygens (including phenoxy) is 1. The Bertz CT molecular complexity index is 877. The van der Waals surface area contributed by atoms with Gasteiger partial charge in [-0.05, 0) is 12.0 Å². The van der Waals surface area contributed by atoms with Crippen molar-refractivity contribution in [2.75, 3.05) is 6.54 Å². The fourth-order valence-corrected chi connectivity index (χ4v) is 2.49. The molecule has 2 aromatic heterocycles. The van der Waals surface area contributed by atoms with E-state index in [4.69, 9.17) is 16.3 Å². The number of aromatic nitrogens is 3. The number of nitrogens with one attached hydrogen (secondary N) is 2. The van der Waals surface area contributed by atoms with E-state index in [-0.39, 0.29) is 6.61 Å². The van der Waals surface area contributed by atoms with Gasteiger partial charge in [-0.2, -0.15) is 0 Å². The first-order chi connectivity index (χ1) is 12.2. The Morgan fingerprint density at radius 2 is 2.12 bits per heavy atom. The third kappa shape index (κ3) is 4.58. The third-order valence-electron chi connectivity index (χ3n) is 3.54. The molecule has 0 unspecified atom stereocenters. The monoisotopic (exact) mass is 356 g/mol. The zero-order valence-corrected chi connectivity index (χ0v) is 14.2. The van der Waals surface area contributed by atoms with E-state index in [2.05, 4.69) is 20.3 Å². The lowest BCUT2D eigenvalue weighted by Gasteiger charge is -2.05. The molecule has 0 saturated carbocycles. The van der Waals surface area contributed by atoms with Crippen LogP contribution in [0.3, 0.4) is 0 Å². The molecule has 3 rings (SSSR count). The highest BCUT2D eigenvalue weighted by atomic mass is 35.5. The van der Waals surface area contributed by atoms with Gasteiger partial charge in [-0.25, -0.2) is 14.8 Å². The normalized spacial score (nSPS) is 11.1. The SMILES string of the molecule is O=C(NCCC=Cc1c[nH]c2c(Cl)ncnc12)OCc1ccccc1. The second-order valence-electron chi connectivity index (χ2n) is 5.31. The van der Waals surface area contributed by atoms with Crippen LogP contribution in [0.2, 0.25) is 5.15 Å². The molecular formula is C18H17ClN4O2.